The van der Waals surface area contributed by atoms with E-state index < -0.39 is 5.97 Å². The number of rotatable bonds is 10. The fraction of sp³-hybridized carbons (Fsp3) is 0.955. The third kappa shape index (κ3) is 2.16. The lowest BCUT2D eigenvalue weighted by atomic mass is 9.20. The minimum Gasteiger partial charge on any atom is -0.481 e. The van der Waals surface area contributed by atoms with Crippen molar-refractivity contribution >= 4 is 5.97 Å². The van der Waals surface area contributed by atoms with E-state index in [1.54, 1.807) is 19.3 Å². The molecule has 0 spiro atoms. The topological polar surface area (TPSA) is 37.3 Å². The lowest BCUT2D eigenvalue weighted by molar-refractivity contribution is -0.375. The zero-order chi connectivity index (χ0) is 16.3. The van der Waals surface area contributed by atoms with Gasteiger partial charge >= 0.3 is 5.97 Å². The molecule has 0 amide bonds. The van der Waals surface area contributed by atoms with Crippen molar-refractivity contribution in [3.63, 3.8) is 0 Å². The van der Waals surface area contributed by atoms with Crippen LogP contribution in [0.25, 0.3) is 0 Å². The molecule has 134 valence electrons. The summed E-state index contributed by atoms with van der Waals surface area (Å²) in [5, 5.41) is 8.62. The van der Waals surface area contributed by atoms with E-state index in [0.717, 1.165) is 18.8 Å². The molecule has 0 aromatic carbocycles. The molecule has 9 unspecified atom stereocenters. The van der Waals surface area contributed by atoms with E-state index in [1.165, 1.54) is 85.9 Å². The zero-order valence-electron chi connectivity index (χ0n) is 15.0. The number of carboxylic acid groups (broad SMARTS) is 1. The van der Waals surface area contributed by atoms with Gasteiger partial charge in [-0.25, -0.2) is 0 Å². The maximum atomic E-state index is 10.5. The first-order valence-electron chi connectivity index (χ1n) is 11.0. The fourth-order valence-corrected chi connectivity index (χ4v) is 8.03. The normalized spacial score (nSPS) is 48.9. The van der Waals surface area contributed by atoms with Gasteiger partial charge in [-0.2, -0.15) is 0 Å². The zero-order valence-corrected chi connectivity index (χ0v) is 15.0. The first kappa shape index (κ1) is 15.7. The highest BCUT2D eigenvalue weighted by atomic mass is 16.4. The van der Waals surface area contributed by atoms with Crippen molar-refractivity contribution < 1.29 is 9.90 Å². The number of hydrogen-bond donors (Lipinski definition) is 1. The maximum absolute atomic E-state index is 10.5. The number of hydrogen-bond acceptors (Lipinski definition) is 1. The summed E-state index contributed by atoms with van der Waals surface area (Å²) in [5.74, 6) is 10.2. The number of unbranched alkanes of at least 4 members (excludes halogenated alkanes) is 6. The first-order valence-corrected chi connectivity index (χ1v) is 11.0. The van der Waals surface area contributed by atoms with Crippen molar-refractivity contribution in [3.8, 4) is 0 Å². The van der Waals surface area contributed by atoms with E-state index in [4.69, 9.17) is 5.11 Å². The smallest absolute Gasteiger partial charge is 0.303 e. The molecule has 0 saturated heterocycles. The summed E-state index contributed by atoms with van der Waals surface area (Å²) in [6, 6.07) is 0. The molecule has 2 heteroatoms. The van der Waals surface area contributed by atoms with E-state index in [1.807, 2.05) is 0 Å². The quantitative estimate of drug-likeness (QED) is 0.432. The average Bonchev–Trinajstić information content (AvgIpc) is 2.51. The molecule has 0 aromatic rings. The molecule has 5 aliphatic carbocycles. The van der Waals surface area contributed by atoms with Crippen LogP contribution in [0.5, 0.6) is 0 Å². The number of fused-ring (bicyclic) bond motifs is 10. The van der Waals surface area contributed by atoms with Gasteiger partial charge in [-0.05, 0) is 78.9 Å². The third-order valence-electron chi connectivity index (χ3n) is 9.17. The highest BCUT2D eigenvalue weighted by molar-refractivity contribution is 5.66. The Morgan fingerprint density at radius 3 is 1.96 bits per heavy atom. The summed E-state index contributed by atoms with van der Waals surface area (Å²) >= 11 is 0. The summed E-state index contributed by atoms with van der Waals surface area (Å²) in [4.78, 5) is 10.5. The molecule has 2 nitrogen and oxygen atoms in total. The van der Waals surface area contributed by atoms with Gasteiger partial charge < -0.3 is 5.11 Å². The van der Waals surface area contributed by atoms with Gasteiger partial charge in [0.05, 0.1) is 0 Å². The van der Waals surface area contributed by atoms with Crippen LogP contribution >= 0.6 is 0 Å². The molecule has 24 heavy (non-hydrogen) atoms. The minimum atomic E-state index is -0.639. The van der Waals surface area contributed by atoms with E-state index in [-0.39, 0.29) is 0 Å². The van der Waals surface area contributed by atoms with Crippen molar-refractivity contribution in [2.24, 2.45) is 53.3 Å². The molecule has 5 aliphatic rings. The Morgan fingerprint density at radius 1 is 0.708 bits per heavy atom. The van der Waals surface area contributed by atoms with Crippen LogP contribution in [0.2, 0.25) is 0 Å². The number of carbonyl (C=O) groups is 1. The van der Waals surface area contributed by atoms with Gasteiger partial charge in [0.2, 0.25) is 0 Å². The molecule has 1 N–H and O–H groups in total. The largest absolute Gasteiger partial charge is 0.481 e. The summed E-state index contributed by atoms with van der Waals surface area (Å²) in [7, 11) is 0. The second-order valence-corrected chi connectivity index (χ2v) is 9.86. The fourth-order valence-electron chi connectivity index (χ4n) is 8.03. The number of aliphatic carboxylic acids is 1. The van der Waals surface area contributed by atoms with Crippen molar-refractivity contribution in [2.75, 3.05) is 0 Å². The van der Waals surface area contributed by atoms with Gasteiger partial charge in [-0.1, -0.05) is 44.9 Å². The van der Waals surface area contributed by atoms with E-state index >= 15 is 0 Å². The molecule has 5 fully saturated rings. The van der Waals surface area contributed by atoms with Gasteiger partial charge in [-0.3, -0.25) is 4.79 Å². The molecule has 9 atom stereocenters. The Labute approximate surface area is 146 Å². The van der Waals surface area contributed by atoms with Gasteiger partial charge in [0.25, 0.3) is 0 Å². The van der Waals surface area contributed by atoms with E-state index in [9.17, 15) is 4.79 Å². The van der Waals surface area contributed by atoms with Gasteiger partial charge in [-0.15, -0.1) is 0 Å². The van der Waals surface area contributed by atoms with Crippen LogP contribution in [0.3, 0.4) is 0 Å². The van der Waals surface area contributed by atoms with Crippen molar-refractivity contribution in [1.82, 2.24) is 0 Å². The summed E-state index contributed by atoms with van der Waals surface area (Å²) in [6.07, 6.45) is 15.4. The predicted molar refractivity (Wildman–Crippen MR) is 94.4 cm³/mol. The molecule has 0 radical (unpaired) electrons. The van der Waals surface area contributed by atoms with Crippen LogP contribution in [-0.2, 0) is 4.79 Å². The Balaban J connectivity index is 0.926. The average molecular weight is 331 g/mol. The monoisotopic (exact) mass is 330 g/mol. The van der Waals surface area contributed by atoms with Crippen LogP contribution in [0, 0.1) is 53.3 Å². The van der Waals surface area contributed by atoms with Crippen LogP contribution in [0.1, 0.15) is 77.0 Å². The Bertz CT molecular complexity index is 494. The highest BCUT2D eigenvalue weighted by Gasteiger charge is 2.79. The summed E-state index contributed by atoms with van der Waals surface area (Å²) in [5.41, 5.74) is 0. The van der Waals surface area contributed by atoms with Crippen molar-refractivity contribution in [1.29, 1.82) is 0 Å². The molecule has 0 aromatic heterocycles. The first-order chi connectivity index (χ1) is 11.8. The molecule has 5 rings (SSSR count). The van der Waals surface area contributed by atoms with Crippen LogP contribution in [0.15, 0.2) is 0 Å². The lowest BCUT2D eigenvalue weighted by Gasteiger charge is -2.85. The molecule has 0 bridgehead atoms. The molecule has 0 heterocycles. The summed E-state index contributed by atoms with van der Waals surface area (Å²) < 4.78 is 0. The van der Waals surface area contributed by atoms with E-state index in [0.29, 0.717) is 6.42 Å². The molecule has 0 aliphatic heterocycles. The van der Waals surface area contributed by atoms with Crippen LogP contribution < -0.4 is 0 Å². The van der Waals surface area contributed by atoms with Crippen LogP contribution in [0.4, 0.5) is 0 Å². The second-order valence-electron chi connectivity index (χ2n) is 9.86. The molecule has 5 saturated carbocycles. The van der Waals surface area contributed by atoms with Gasteiger partial charge in [0, 0.05) is 6.42 Å². The molecular weight excluding hydrogens is 296 g/mol. The Hall–Kier alpha value is -0.530. The SMILES string of the molecule is O=C(O)CCCCCCCCCC1CC2C1C1C3C4CCC4C3C21. The van der Waals surface area contributed by atoms with Crippen molar-refractivity contribution in [2.45, 2.75) is 77.0 Å². The maximum Gasteiger partial charge on any atom is 0.303 e. The molecular formula is C22H34O2. The Kier molecular flexibility index (Phi) is 3.94. The third-order valence-corrected chi connectivity index (χ3v) is 9.17. The predicted octanol–water partition coefficient (Wildman–Crippen LogP) is 5.37. The summed E-state index contributed by atoms with van der Waals surface area (Å²) in [6.45, 7) is 0. The van der Waals surface area contributed by atoms with Gasteiger partial charge in [0.1, 0.15) is 0 Å². The Morgan fingerprint density at radius 2 is 1.29 bits per heavy atom. The minimum absolute atomic E-state index is 0.357. The van der Waals surface area contributed by atoms with Crippen LogP contribution in [-0.4, -0.2) is 11.1 Å². The second kappa shape index (κ2) is 6.02. The van der Waals surface area contributed by atoms with Crippen molar-refractivity contribution in [3.05, 3.63) is 0 Å². The lowest BCUT2D eigenvalue weighted by Crippen LogP contribution is -2.80. The highest BCUT2D eigenvalue weighted by Crippen LogP contribution is 2.84. The number of carboxylic acids is 1. The van der Waals surface area contributed by atoms with E-state index in [2.05, 4.69) is 0 Å². The standard InChI is InChI=1S/C22H34O2/c23-17(24)9-7-5-3-1-2-4-6-8-13-12-16-18(13)22-20-15-11-10-14(15)19(20)21(16)22/h13-16,18-22H,1-12H2,(H,23,24). The van der Waals surface area contributed by atoms with Gasteiger partial charge in [0.15, 0.2) is 0 Å².